The van der Waals surface area contributed by atoms with Crippen LogP contribution in [0.25, 0.3) is 10.9 Å². The van der Waals surface area contributed by atoms with Gasteiger partial charge in [-0.1, -0.05) is 30.3 Å². The maximum atomic E-state index is 12.0. The van der Waals surface area contributed by atoms with E-state index in [0.29, 0.717) is 16.7 Å². The second-order valence-corrected chi connectivity index (χ2v) is 5.78. The molecule has 5 nitrogen and oxygen atoms in total. The van der Waals surface area contributed by atoms with Crippen molar-refractivity contribution in [1.82, 2.24) is 4.98 Å². The van der Waals surface area contributed by atoms with Crippen LogP contribution in [0.2, 0.25) is 0 Å². The molecule has 0 spiro atoms. The first-order chi connectivity index (χ1) is 11.5. The minimum atomic E-state index is -0.591. The lowest BCUT2D eigenvalue weighted by Gasteiger charge is -2.13. The van der Waals surface area contributed by atoms with Crippen molar-refractivity contribution < 1.29 is 14.6 Å². The zero-order chi connectivity index (χ0) is 17.1. The Kier molecular flexibility index (Phi) is 4.42. The zero-order valence-corrected chi connectivity index (χ0v) is 13.6. The van der Waals surface area contributed by atoms with Gasteiger partial charge < -0.3 is 19.6 Å². The maximum Gasteiger partial charge on any atom is 0.294 e. The molecule has 0 fully saturated rings. The molecule has 0 amide bonds. The highest BCUT2D eigenvalue weighted by atomic mass is 16.5. The molecule has 0 saturated heterocycles. The molecule has 1 aromatic heterocycles. The number of pyridine rings is 1. The van der Waals surface area contributed by atoms with Gasteiger partial charge in [-0.3, -0.25) is 4.79 Å². The average Bonchev–Trinajstić information content (AvgIpc) is 2.56. The van der Waals surface area contributed by atoms with Crippen molar-refractivity contribution >= 4 is 10.9 Å². The summed E-state index contributed by atoms with van der Waals surface area (Å²) in [5.74, 6) is 0.400. The molecule has 0 unspecified atom stereocenters. The number of benzene rings is 2. The first-order valence-corrected chi connectivity index (χ1v) is 7.77. The molecular formula is C19H19NO4. The van der Waals surface area contributed by atoms with Crippen LogP contribution in [0.3, 0.4) is 0 Å². The number of rotatable bonds is 5. The summed E-state index contributed by atoms with van der Waals surface area (Å²) in [6.07, 6.45) is 0.0279. The summed E-state index contributed by atoms with van der Waals surface area (Å²) in [5.41, 5.74) is 0.913. The normalized spacial score (nSPS) is 11.0. The Morgan fingerprint density at radius 2 is 1.88 bits per heavy atom. The van der Waals surface area contributed by atoms with Gasteiger partial charge in [-0.25, -0.2) is 0 Å². The fourth-order valence-electron chi connectivity index (χ4n) is 2.46. The van der Waals surface area contributed by atoms with Crippen molar-refractivity contribution in [3.8, 4) is 17.2 Å². The molecule has 0 aliphatic carbocycles. The van der Waals surface area contributed by atoms with Crippen molar-refractivity contribution in [3.63, 3.8) is 0 Å². The van der Waals surface area contributed by atoms with E-state index in [0.717, 1.165) is 5.56 Å². The van der Waals surface area contributed by atoms with E-state index in [4.69, 9.17) is 9.47 Å². The number of aromatic amines is 1. The SMILES string of the molecule is CC(C)Oc1ccc2c(OCc3ccccc3)c(O)c(=O)[nH]c2c1. The second kappa shape index (κ2) is 6.66. The standard InChI is InChI=1S/C19H19NO4/c1-12(2)24-14-8-9-15-16(10-14)20-19(22)17(21)18(15)23-11-13-6-4-3-5-7-13/h3-10,12,21H,11H2,1-2H3,(H,20,22). The van der Waals surface area contributed by atoms with Crippen LogP contribution in [0.1, 0.15) is 19.4 Å². The van der Waals surface area contributed by atoms with Crippen molar-refractivity contribution in [2.24, 2.45) is 0 Å². The van der Waals surface area contributed by atoms with Gasteiger partial charge in [0.2, 0.25) is 5.75 Å². The monoisotopic (exact) mass is 325 g/mol. The quantitative estimate of drug-likeness (QED) is 0.752. The number of fused-ring (bicyclic) bond motifs is 1. The van der Waals surface area contributed by atoms with Crippen LogP contribution in [-0.4, -0.2) is 16.2 Å². The molecule has 24 heavy (non-hydrogen) atoms. The van der Waals surface area contributed by atoms with Crippen LogP contribution in [0.4, 0.5) is 0 Å². The van der Waals surface area contributed by atoms with E-state index in [-0.39, 0.29) is 18.5 Å². The molecule has 0 aliphatic rings. The molecular weight excluding hydrogens is 306 g/mol. The average molecular weight is 325 g/mol. The lowest BCUT2D eigenvalue weighted by Crippen LogP contribution is -2.09. The van der Waals surface area contributed by atoms with E-state index in [1.165, 1.54) is 0 Å². The fraction of sp³-hybridized carbons (Fsp3) is 0.211. The van der Waals surface area contributed by atoms with Crippen molar-refractivity contribution in [2.45, 2.75) is 26.6 Å². The predicted molar refractivity (Wildman–Crippen MR) is 92.8 cm³/mol. The molecule has 3 aromatic rings. The molecule has 124 valence electrons. The minimum absolute atomic E-state index is 0.0279. The highest BCUT2D eigenvalue weighted by Gasteiger charge is 2.14. The molecule has 2 aromatic carbocycles. The Balaban J connectivity index is 1.99. The van der Waals surface area contributed by atoms with Gasteiger partial charge in [0, 0.05) is 11.5 Å². The van der Waals surface area contributed by atoms with Crippen LogP contribution in [0.5, 0.6) is 17.2 Å². The topological polar surface area (TPSA) is 71.5 Å². The fourth-order valence-corrected chi connectivity index (χ4v) is 2.46. The second-order valence-electron chi connectivity index (χ2n) is 5.78. The summed E-state index contributed by atoms with van der Waals surface area (Å²) < 4.78 is 11.4. The Morgan fingerprint density at radius 1 is 1.12 bits per heavy atom. The van der Waals surface area contributed by atoms with E-state index >= 15 is 0 Å². The number of ether oxygens (including phenoxy) is 2. The first kappa shape index (κ1) is 15.9. The van der Waals surface area contributed by atoms with Gasteiger partial charge in [0.1, 0.15) is 12.4 Å². The summed E-state index contributed by atoms with van der Waals surface area (Å²) in [4.78, 5) is 14.6. The van der Waals surface area contributed by atoms with Gasteiger partial charge in [0.25, 0.3) is 5.56 Å². The predicted octanol–water partition coefficient (Wildman–Crippen LogP) is 3.60. The number of hydrogen-bond acceptors (Lipinski definition) is 4. The van der Waals surface area contributed by atoms with Gasteiger partial charge in [0.15, 0.2) is 5.75 Å². The van der Waals surface area contributed by atoms with Crippen LogP contribution in [0.15, 0.2) is 53.3 Å². The van der Waals surface area contributed by atoms with Crippen LogP contribution >= 0.6 is 0 Å². The largest absolute Gasteiger partial charge is 0.500 e. The van der Waals surface area contributed by atoms with Crippen LogP contribution in [0, 0.1) is 0 Å². The van der Waals surface area contributed by atoms with Gasteiger partial charge >= 0.3 is 0 Å². The number of H-pyrrole nitrogens is 1. The van der Waals surface area contributed by atoms with E-state index < -0.39 is 11.3 Å². The van der Waals surface area contributed by atoms with Gasteiger partial charge in [0.05, 0.1) is 11.6 Å². The van der Waals surface area contributed by atoms with E-state index in [2.05, 4.69) is 4.98 Å². The minimum Gasteiger partial charge on any atom is -0.500 e. The molecule has 1 heterocycles. The Hall–Kier alpha value is -2.95. The van der Waals surface area contributed by atoms with Gasteiger partial charge in [-0.15, -0.1) is 0 Å². The van der Waals surface area contributed by atoms with Crippen molar-refractivity contribution in [1.29, 1.82) is 0 Å². The summed E-state index contributed by atoms with van der Waals surface area (Å²) in [5, 5.41) is 10.7. The third kappa shape index (κ3) is 3.35. The van der Waals surface area contributed by atoms with Gasteiger partial charge in [-0.05, 0) is 31.5 Å². The maximum absolute atomic E-state index is 12.0. The third-order valence-electron chi connectivity index (χ3n) is 3.51. The number of nitrogens with one attached hydrogen (secondary N) is 1. The van der Waals surface area contributed by atoms with E-state index in [1.54, 1.807) is 18.2 Å². The van der Waals surface area contributed by atoms with Crippen LogP contribution in [-0.2, 0) is 6.61 Å². The molecule has 5 heteroatoms. The Morgan fingerprint density at radius 3 is 2.58 bits per heavy atom. The number of aromatic nitrogens is 1. The highest BCUT2D eigenvalue weighted by Crippen LogP contribution is 2.33. The lowest BCUT2D eigenvalue weighted by molar-refractivity contribution is 0.242. The van der Waals surface area contributed by atoms with E-state index in [1.807, 2.05) is 44.2 Å². The molecule has 0 bridgehead atoms. The first-order valence-electron chi connectivity index (χ1n) is 7.77. The molecule has 0 aliphatic heterocycles. The summed E-state index contributed by atoms with van der Waals surface area (Å²) in [7, 11) is 0. The molecule has 0 atom stereocenters. The van der Waals surface area contributed by atoms with Crippen molar-refractivity contribution in [2.75, 3.05) is 0 Å². The Labute approximate surface area is 139 Å². The molecule has 0 radical (unpaired) electrons. The van der Waals surface area contributed by atoms with Crippen molar-refractivity contribution in [3.05, 3.63) is 64.4 Å². The van der Waals surface area contributed by atoms with Crippen LogP contribution < -0.4 is 15.0 Å². The summed E-state index contributed by atoms with van der Waals surface area (Å²) >= 11 is 0. The molecule has 0 saturated carbocycles. The highest BCUT2D eigenvalue weighted by molar-refractivity contribution is 5.88. The number of aromatic hydroxyl groups is 1. The smallest absolute Gasteiger partial charge is 0.294 e. The summed E-state index contributed by atoms with van der Waals surface area (Å²) in [6, 6.07) is 14.8. The number of hydrogen-bond donors (Lipinski definition) is 2. The Bertz CT molecular complexity index is 900. The lowest BCUT2D eigenvalue weighted by atomic mass is 10.2. The van der Waals surface area contributed by atoms with E-state index in [9.17, 15) is 9.90 Å². The molecule has 2 N–H and O–H groups in total. The zero-order valence-electron chi connectivity index (χ0n) is 13.6. The third-order valence-corrected chi connectivity index (χ3v) is 3.51. The summed E-state index contributed by atoms with van der Waals surface area (Å²) in [6.45, 7) is 4.12. The molecule has 3 rings (SSSR count). The van der Waals surface area contributed by atoms with Gasteiger partial charge in [-0.2, -0.15) is 0 Å².